The van der Waals surface area contributed by atoms with Crippen LogP contribution in [0.1, 0.15) is 50.1 Å². The van der Waals surface area contributed by atoms with Gasteiger partial charge in [-0.3, -0.25) is 9.78 Å². The van der Waals surface area contributed by atoms with E-state index in [1.165, 1.54) is 5.56 Å². The summed E-state index contributed by atoms with van der Waals surface area (Å²) in [5, 5.41) is 0. The lowest BCUT2D eigenvalue weighted by atomic mass is 9.85. The Morgan fingerprint density at radius 2 is 2.14 bits per heavy atom. The zero-order chi connectivity index (χ0) is 13.9. The smallest absolute Gasteiger partial charge is 0.226 e. The summed E-state index contributed by atoms with van der Waals surface area (Å²) in [4.78, 5) is 19.0. The lowest BCUT2D eigenvalue weighted by Gasteiger charge is -2.32. The van der Waals surface area contributed by atoms with Crippen molar-refractivity contribution in [2.45, 2.75) is 50.6 Å². The minimum absolute atomic E-state index is 0. The summed E-state index contributed by atoms with van der Waals surface area (Å²) >= 11 is 0. The third-order valence-electron chi connectivity index (χ3n) is 4.67. The molecule has 1 amide bonds. The second-order valence-electron chi connectivity index (χ2n) is 6.10. The highest BCUT2D eigenvalue weighted by Gasteiger charge is 2.35. The molecule has 1 saturated heterocycles. The fourth-order valence-corrected chi connectivity index (χ4v) is 3.64. The van der Waals surface area contributed by atoms with E-state index >= 15 is 0 Å². The van der Waals surface area contributed by atoms with E-state index in [0.717, 1.165) is 45.1 Å². The maximum absolute atomic E-state index is 12.8. The van der Waals surface area contributed by atoms with Gasteiger partial charge in [0.1, 0.15) is 0 Å². The lowest BCUT2D eigenvalue weighted by Crippen LogP contribution is -2.40. The van der Waals surface area contributed by atoms with E-state index in [4.69, 9.17) is 5.73 Å². The standard InChI is InChI=1S/C16H23N3O.ClH/c17-14-6-1-4-12(10-14)16(20)19-9-3-7-15(19)13-5-2-8-18-11-13;/h2,5,8,11-12,14-15H,1,3-4,6-7,9-10,17H2;1H. The number of aromatic nitrogens is 1. The fraction of sp³-hybridized carbons (Fsp3) is 0.625. The summed E-state index contributed by atoms with van der Waals surface area (Å²) in [7, 11) is 0. The molecule has 0 bridgehead atoms. The van der Waals surface area contributed by atoms with E-state index in [-0.39, 0.29) is 30.4 Å². The molecule has 1 aliphatic heterocycles. The van der Waals surface area contributed by atoms with Crippen molar-refractivity contribution in [2.24, 2.45) is 11.7 Å². The first-order valence-electron chi connectivity index (χ1n) is 7.71. The average molecular weight is 310 g/mol. The number of rotatable bonds is 2. The molecule has 2 fully saturated rings. The van der Waals surface area contributed by atoms with Gasteiger partial charge >= 0.3 is 0 Å². The second-order valence-corrected chi connectivity index (χ2v) is 6.10. The van der Waals surface area contributed by atoms with Gasteiger partial charge in [0.15, 0.2) is 0 Å². The van der Waals surface area contributed by atoms with E-state index in [2.05, 4.69) is 16.0 Å². The van der Waals surface area contributed by atoms with Gasteiger partial charge in [0.05, 0.1) is 6.04 Å². The molecule has 3 atom stereocenters. The molecule has 0 spiro atoms. The van der Waals surface area contributed by atoms with Crippen LogP contribution in [0.15, 0.2) is 24.5 Å². The van der Waals surface area contributed by atoms with Crippen LogP contribution in [0.25, 0.3) is 0 Å². The fourth-order valence-electron chi connectivity index (χ4n) is 3.64. The molecule has 5 heteroatoms. The maximum Gasteiger partial charge on any atom is 0.226 e. The molecule has 1 aromatic rings. The minimum atomic E-state index is 0. The van der Waals surface area contributed by atoms with Gasteiger partial charge in [-0.25, -0.2) is 0 Å². The number of nitrogens with two attached hydrogens (primary N) is 1. The first-order valence-corrected chi connectivity index (χ1v) is 7.71. The zero-order valence-corrected chi connectivity index (χ0v) is 13.1. The largest absolute Gasteiger partial charge is 0.335 e. The summed E-state index contributed by atoms with van der Waals surface area (Å²) in [6.45, 7) is 0.879. The van der Waals surface area contributed by atoms with Crippen LogP contribution < -0.4 is 5.73 Å². The molecule has 0 radical (unpaired) electrons. The molecule has 3 unspecified atom stereocenters. The van der Waals surface area contributed by atoms with E-state index < -0.39 is 0 Å². The van der Waals surface area contributed by atoms with Crippen molar-refractivity contribution in [1.29, 1.82) is 0 Å². The second kappa shape index (κ2) is 7.23. The number of hydrogen-bond donors (Lipinski definition) is 1. The van der Waals surface area contributed by atoms with Crippen LogP contribution in [0.3, 0.4) is 0 Å². The van der Waals surface area contributed by atoms with Crippen molar-refractivity contribution in [2.75, 3.05) is 6.54 Å². The zero-order valence-electron chi connectivity index (χ0n) is 12.3. The maximum atomic E-state index is 12.8. The van der Waals surface area contributed by atoms with Crippen LogP contribution in [0.4, 0.5) is 0 Å². The van der Waals surface area contributed by atoms with Gasteiger partial charge in [0, 0.05) is 30.9 Å². The highest BCUT2D eigenvalue weighted by Crippen LogP contribution is 2.35. The number of carbonyl (C=O) groups excluding carboxylic acids is 1. The number of nitrogens with zero attached hydrogens (tertiary/aromatic N) is 2. The van der Waals surface area contributed by atoms with E-state index in [1.807, 2.05) is 12.3 Å². The summed E-state index contributed by atoms with van der Waals surface area (Å²) in [5.74, 6) is 0.447. The first kappa shape index (κ1) is 16.2. The van der Waals surface area contributed by atoms with Crippen LogP contribution in [0.5, 0.6) is 0 Å². The first-order chi connectivity index (χ1) is 9.75. The minimum Gasteiger partial charge on any atom is -0.335 e. The van der Waals surface area contributed by atoms with Crippen LogP contribution in [-0.2, 0) is 4.79 Å². The SMILES string of the molecule is Cl.NC1CCCC(C(=O)N2CCCC2c2cccnc2)C1. The quantitative estimate of drug-likeness (QED) is 0.913. The summed E-state index contributed by atoms with van der Waals surface area (Å²) in [6.07, 6.45) is 9.82. The van der Waals surface area contributed by atoms with Crippen molar-refractivity contribution in [1.82, 2.24) is 9.88 Å². The number of halogens is 1. The Balaban J connectivity index is 0.00000161. The summed E-state index contributed by atoms with van der Waals surface area (Å²) < 4.78 is 0. The topological polar surface area (TPSA) is 59.2 Å². The molecule has 0 aromatic carbocycles. The number of likely N-dealkylation sites (tertiary alicyclic amines) is 1. The van der Waals surface area contributed by atoms with Crippen molar-refractivity contribution in [3.05, 3.63) is 30.1 Å². The molecule has 1 aliphatic carbocycles. The molecule has 2 aliphatic rings. The van der Waals surface area contributed by atoms with Gasteiger partial charge in [0.2, 0.25) is 5.91 Å². The van der Waals surface area contributed by atoms with Crippen molar-refractivity contribution >= 4 is 18.3 Å². The van der Waals surface area contributed by atoms with Crippen LogP contribution >= 0.6 is 12.4 Å². The molecule has 1 saturated carbocycles. The predicted octanol–water partition coefficient (Wildman–Crippen LogP) is 2.68. The number of carbonyl (C=O) groups is 1. The molecule has 2 heterocycles. The monoisotopic (exact) mass is 309 g/mol. The Kier molecular flexibility index (Phi) is 5.59. The molecule has 21 heavy (non-hydrogen) atoms. The van der Waals surface area contributed by atoms with Crippen molar-refractivity contribution < 1.29 is 4.79 Å². The van der Waals surface area contributed by atoms with Gasteiger partial charge in [-0.05, 0) is 43.7 Å². The van der Waals surface area contributed by atoms with Gasteiger partial charge in [-0.2, -0.15) is 0 Å². The number of hydrogen-bond acceptors (Lipinski definition) is 3. The molecule has 3 rings (SSSR count). The Morgan fingerprint density at radius 3 is 2.86 bits per heavy atom. The Morgan fingerprint density at radius 1 is 1.29 bits per heavy atom. The van der Waals surface area contributed by atoms with Crippen molar-refractivity contribution in [3.8, 4) is 0 Å². The molecular weight excluding hydrogens is 286 g/mol. The van der Waals surface area contributed by atoms with Gasteiger partial charge in [-0.15, -0.1) is 12.4 Å². The molecule has 116 valence electrons. The third kappa shape index (κ3) is 3.55. The van der Waals surface area contributed by atoms with Crippen LogP contribution in [-0.4, -0.2) is 28.4 Å². The lowest BCUT2D eigenvalue weighted by molar-refractivity contribution is -0.137. The molecule has 2 N–H and O–H groups in total. The van der Waals surface area contributed by atoms with Gasteiger partial charge < -0.3 is 10.6 Å². The Hall–Kier alpha value is -1.13. The van der Waals surface area contributed by atoms with Gasteiger partial charge in [-0.1, -0.05) is 12.5 Å². The average Bonchev–Trinajstić information content (AvgIpc) is 2.97. The van der Waals surface area contributed by atoms with E-state index in [1.54, 1.807) is 6.20 Å². The third-order valence-corrected chi connectivity index (χ3v) is 4.67. The highest BCUT2D eigenvalue weighted by molar-refractivity contribution is 5.85. The normalized spacial score (nSPS) is 29.0. The summed E-state index contributed by atoms with van der Waals surface area (Å²) in [6, 6.07) is 4.45. The predicted molar refractivity (Wildman–Crippen MR) is 85.1 cm³/mol. The Labute approximate surface area is 132 Å². The van der Waals surface area contributed by atoms with Crippen LogP contribution in [0.2, 0.25) is 0 Å². The molecule has 1 aromatic heterocycles. The number of pyridine rings is 1. The summed E-state index contributed by atoms with van der Waals surface area (Å²) in [5.41, 5.74) is 7.19. The van der Waals surface area contributed by atoms with Gasteiger partial charge in [0.25, 0.3) is 0 Å². The molecule has 4 nitrogen and oxygen atoms in total. The highest BCUT2D eigenvalue weighted by atomic mass is 35.5. The number of amides is 1. The Bertz CT molecular complexity index is 468. The van der Waals surface area contributed by atoms with Crippen LogP contribution in [0, 0.1) is 5.92 Å². The van der Waals surface area contributed by atoms with Crippen molar-refractivity contribution in [3.63, 3.8) is 0 Å². The van der Waals surface area contributed by atoms with E-state index in [9.17, 15) is 4.79 Å². The van der Waals surface area contributed by atoms with E-state index in [0.29, 0.717) is 5.91 Å². The molecular formula is C16H24ClN3O.